The largest absolute Gasteiger partial charge is 0.277 e. The second-order valence-electron chi connectivity index (χ2n) is 6.93. The van der Waals surface area contributed by atoms with Crippen molar-refractivity contribution in [3.63, 3.8) is 0 Å². The zero-order chi connectivity index (χ0) is 23.6. The number of hydrogen-bond acceptors (Lipinski definition) is 7. The van der Waals surface area contributed by atoms with Crippen molar-refractivity contribution in [3.8, 4) is 0 Å². The number of nitro groups is 2. The van der Waals surface area contributed by atoms with Gasteiger partial charge in [0.05, 0.1) is 32.1 Å². The third-order valence-corrected chi connectivity index (χ3v) is 6.33. The first kappa shape index (κ1) is 22.6. The molecule has 0 unspecified atom stereocenters. The molecule has 10 nitrogen and oxygen atoms in total. The Kier molecular flexibility index (Phi) is 6.03. The van der Waals surface area contributed by atoms with Crippen molar-refractivity contribution in [2.45, 2.75) is 18.7 Å². The van der Waals surface area contributed by atoms with Crippen molar-refractivity contribution in [1.29, 1.82) is 0 Å². The van der Waals surface area contributed by atoms with Gasteiger partial charge in [0.15, 0.2) is 0 Å². The predicted molar refractivity (Wildman–Crippen MR) is 116 cm³/mol. The van der Waals surface area contributed by atoms with Crippen LogP contribution in [-0.2, 0) is 10.0 Å². The van der Waals surface area contributed by atoms with E-state index >= 15 is 0 Å². The number of rotatable bonds is 6. The van der Waals surface area contributed by atoms with Crippen LogP contribution >= 0.6 is 0 Å². The number of carbonyl (C=O) groups excluding carboxylic acids is 1. The van der Waals surface area contributed by atoms with E-state index in [2.05, 4.69) is 0 Å². The van der Waals surface area contributed by atoms with E-state index < -0.39 is 42.7 Å². The lowest BCUT2D eigenvalue weighted by Crippen LogP contribution is -2.37. The molecule has 0 aliphatic carbocycles. The normalized spacial score (nSPS) is 11.1. The summed E-state index contributed by atoms with van der Waals surface area (Å²) in [5.41, 5.74) is -0.777. The number of anilines is 1. The van der Waals surface area contributed by atoms with E-state index in [4.69, 9.17) is 0 Å². The molecule has 0 fully saturated rings. The second-order valence-corrected chi connectivity index (χ2v) is 8.72. The van der Waals surface area contributed by atoms with Crippen LogP contribution in [-0.4, -0.2) is 24.2 Å². The molecule has 11 heteroatoms. The minimum Gasteiger partial charge on any atom is -0.268 e. The van der Waals surface area contributed by atoms with Crippen LogP contribution < -0.4 is 4.31 Å². The SMILES string of the molecule is Cc1ccc(C)c(N(C(=O)c2cc([N+](=O)[O-])cc([N+](=O)[O-])c2)S(=O)(=O)c2ccccc2)c1. The zero-order valence-corrected chi connectivity index (χ0v) is 17.8. The number of benzene rings is 3. The van der Waals surface area contributed by atoms with Gasteiger partial charge >= 0.3 is 0 Å². The fraction of sp³-hybridized carbons (Fsp3) is 0.0952. The number of amides is 1. The van der Waals surface area contributed by atoms with Gasteiger partial charge in [0.25, 0.3) is 27.3 Å². The quantitative estimate of drug-likeness (QED) is 0.401. The van der Waals surface area contributed by atoms with Crippen LogP contribution in [0.4, 0.5) is 17.1 Å². The van der Waals surface area contributed by atoms with Crippen LogP contribution in [0.1, 0.15) is 21.5 Å². The highest BCUT2D eigenvalue weighted by atomic mass is 32.2. The summed E-state index contributed by atoms with van der Waals surface area (Å²) in [5, 5.41) is 22.5. The van der Waals surface area contributed by atoms with Gasteiger partial charge in [0.2, 0.25) is 0 Å². The number of hydrogen-bond donors (Lipinski definition) is 0. The summed E-state index contributed by atoms with van der Waals surface area (Å²) in [6, 6.07) is 14.3. The van der Waals surface area contributed by atoms with E-state index in [0.717, 1.165) is 12.1 Å². The number of nitrogens with zero attached hydrogens (tertiary/aromatic N) is 3. The van der Waals surface area contributed by atoms with Crippen LogP contribution in [0, 0.1) is 34.1 Å². The van der Waals surface area contributed by atoms with Gasteiger partial charge in [-0.25, -0.2) is 8.42 Å². The van der Waals surface area contributed by atoms with Gasteiger partial charge in [0, 0.05) is 12.1 Å². The molecule has 0 saturated heterocycles. The molecule has 0 aliphatic heterocycles. The molecule has 3 aromatic carbocycles. The highest BCUT2D eigenvalue weighted by Gasteiger charge is 2.34. The Bertz CT molecular complexity index is 1310. The van der Waals surface area contributed by atoms with Crippen molar-refractivity contribution >= 4 is 33.0 Å². The summed E-state index contributed by atoms with van der Waals surface area (Å²) < 4.78 is 27.5. The van der Waals surface area contributed by atoms with E-state index in [9.17, 15) is 33.4 Å². The van der Waals surface area contributed by atoms with Crippen LogP contribution in [0.3, 0.4) is 0 Å². The molecule has 32 heavy (non-hydrogen) atoms. The summed E-state index contributed by atoms with van der Waals surface area (Å²) in [4.78, 5) is 34.0. The molecule has 164 valence electrons. The number of aryl methyl sites for hydroxylation is 2. The zero-order valence-electron chi connectivity index (χ0n) is 17.0. The lowest BCUT2D eigenvalue weighted by molar-refractivity contribution is -0.394. The van der Waals surface area contributed by atoms with Gasteiger partial charge in [0.1, 0.15) is 0 Å². The number of carbonyl (C=O) groups is 1. The molecule has 3 aromatic rings. The van der Waals surface area contributed by atoms with Crippen molar-refractivity contribution < 1.29 is 23.1 Å². The molecule has 0 N–H and O–H groups in total. The van der Waals surface area contributed by atoms with Gasteiger partial charge in [-0.15, -0.1) is 0 Å². The third-order valence-electron chi connectivity index (χ3n) is 4.62. The van der Waals surface area contributed by atoms with Crippen LogP contribution in [0.5, 0.6) is 0 Å². The number of nitro benzene ring substituents is 2. The monoisotopic (exact) mass is 455 g/mol. The molecule has 3 rings (SSSR count). The van der Waals surface area contributed by atoms with E-state index in [-0.39, 0.29) is 10.6 Å². The van der Waals surface area contributed by atoms with Crippen molar-refractivity contribution in [2.24, 2.45) is 0 Å². The summed E-state index contributed by atoms with van der Waals surface area (Å²) in [6.07, 6.45) is 0. The average molecular weight is 455 g/mol. The Morgan fingerprint density at radius 2 is 1.41 bits per heavy atom. The Morgan fingerprint density at radius 1 is 0.844 bits per heavy atom. The van der Waals surface area contributed by atoms with Gasteiger partial charge in [-0.3, -0.25) is 25.0 Å². The third kappa shape index (κ3) is 4.32. The highest BCUT2D eigenvalue weighted by Crippen LogP contribution is 2.31. The smallest absolute Gasteiger partial charge is 0.268 e. The molecular weight excluding hydrogens is 438 g/mol. The van der Waals surface area contributed by atoms with Gasteiger partial charge in [-0.2, -0.15) is 4.31 Å². The number of sulfonamides is 1. The van der Waals surface area contributed by atoms with Gasteiger partial charge in [-0.05, 0) is 43.2 Å². The van der Waals surface area contributed by atoms with Crippen molar-refractivity contribution in [1.82, 2.24) is 0 Å². The fourth-order valence-corrected chi connectivity index (χ4v) is 4.52. The molecule has 0 aromatic heterocycles. The summed E-state index contributed by atoms with van der Waals surface area (Å²) >= 11 is 0. The van der Waals surface area contributed by atoms with E-state index in [1.54, 1.807) is 32.0 Å². The average Bonchev–Trinajstić information content (AvgIpc) is 2.76. The topological polar surface area (TPSA) is 141 Å². The van der Waals surface area contributed by atoms with Crippen LogP contribution in [0.15, 0.2) is 71.6 Å². The van der Waals surface area contributed by atoms with E-state index in [1.165, 1.54) is 30.3 Å². The Balaban J connectivity index is 2.30. The Hall–Kier alpha value is -4.12. The molecule has 0 heterocycles. The minimum absolute atomic E-state index is 0.0352. The Labute approximate surface area is 183 Å². The molecule has 0 bridgehead atoms. The predicted octanol–water partition coefficient (Wildman–Crippen LogP) is 4.16. The molecule has 0 radical (unpaired) electrons. The van der Waals surface area contributed by atoms with Gasteiger partial charge < -0.3 is 0 Å². The molecule has 0 saturated carbocycles. The van der Waals surface area contributed by atoms with Crippen molar-refractivity contribution in [3.05, 3.63) is 104 Å². The highest BCUT2D eigenvalue weighted by molar-refractivity contribution is 7.93. The maximum absolute atomic E-state index is 13.5. The van der Waals surface area contributed by atoms with E-state index in [0.29, 0.717) is 21.5 Å². The maximum atomic E-state index is 13.5. The lowest BCUT2D eigenvalue weighted by atomic mass is 10.1. The molecule has 0 aliphatic rings. The molecule has 0 atom stereocenters. The lowest BCUT2D eigenvalue weighted by Gasteiger charge is -2.24. The molecular formula is C21H17N3O7S. The summed E-state index contributed by atoms with van der Waals surface area (Å²) in [5.74, 6) is -1.16. The Morgan fingerprint density at radius 3 is 1.94 bits per heavy atom. The van der Waals surface area contributed by atoms with Gasteiger partial charge in [-0.1, -0.05) is 30.3 Å². The first-order valence-corrected chi connectivity index (χ1v) is 10.6. The van der Waals surface area contributed by atoms with Crippen LogP contribution in [0.2, 0.25) is 0 Å². The molecule has 0 spiro atoms. The second kappa shape index (κ2) is 8.55. The van der Waals surface area contributed by atoms with E-state index in [1.807, 2.05) is 0 Å². The summed E-state index contributed by atoms with van der Waals surface area (Å²) in [7, 11) is -4.46. The standard InChI is InChI=1S/C21H17N3O7S/c1-14-8-9-15(2)20(10-14)22(32(30,31)19-6-4-3-5-7-19)21(25)16-11-17(23(26)27)13-18(12-16)24(28)29/h3-13H,1-2H3. The first-order chi connectivity index (χ1) is 15.0. The maximum Gasteiger partial charge on any atom is 0.277 e. The number of non-ortho nitro benzene ring substituents is 2. The minimum atomic E-state index is -4.46. The van der Waals surface area contributed by atoms with Crippen LogP contribution in [0.25, 0.3) is 0 Å². The first-order valence-electron chi connectivity index (χ1n) is 9.18. The molecule has 1 amide bonds. The fourth-order valence-electron chi connectivity index (χ4n) is 3.03. The van der Waals surface area contributed by atoms with Crippen molar-refractivity contribution in [2.75, 3.05) is 4.31 Å². The summed E-state index contributed by atoms with van der Waals surface area (Å²) in [6.45, 7) is 3.31.